The first-order valence-corrected chi connectivity index (χ1v) is 38.0. The Balaban J connectivity index is -0.000000311. The molecule has 0 saturated carbocycles. The van der Waals surface area contributed by atoms with Crippen molar-refractivity contribution in [2.75, 3.05) is 0 Å². The van der Waals surface area contributed by atoms with Crippen LogP contribution in [0, 0.1) is 34.6 Å². The average Bonchev–Trinajstić information content (AvgIpc) is 1.94. The second kappa shape index (κ2) is 61.4. The smallest absolute Gasteiger partial charge is 0.162 e. The summed E-state index contributed by atoms with van der Waals surface area (Å²) in [4.78, 5) is 31.7. The highest BCUT2D eigenvalue weighted by atomic mass is 32.1. The van der Waals surface area contributed by atoms with Crippen molar-refractivity contribution in [1.82, 2.24) is 90.0 Å². The zero-order valence-electron chi connectivity index (χ0n) is 65.1. The Morgan fingerprint density at radius 1 is 0.432 bits per heavy atom. The molecule has 10 heterocycles. The Morgan fingerprint density at radius 3 is 1.15 bits per heavy atom. The van der Waals surface area contributed by atoms with Gasteiger partial charge in [-0.05, 0) is 87.3 Å². The molecule has 10 aromatic heterocycles. The number of thiazole rings is 2. The van der Waals surface area contributed by atoms with Crippen LogP contribution in [0.2, 0.25) is 0 Å². The molecule has 0 aromatic carbocycles. The Hall–Kier alpha value is -6.15. The van der Waals surface area contributed by atoms with Gasteiger partial charge in [-0.1, -0.05) is 217 Å². The minimum absolute atomic E-state index is 0.389. The summed E-state index contributed by atoms with van der Waals surface area (Å²) < 4.78 is 17.3. The number of aromatic amines is 3. The number of aromatic nitrogens is 18. The van der Waals surface area contributed by atoms with Gasteiger partial charge in [0.15, 0.2) is 11.5 Å². The van der Waals surface area contributed by atoms with E-state index < -0.39 is 0 Å². The number of rotatable bonds is 10. The van der Waals surface area contributed by atoms with E-state index in [2.05, 4.69) is 241 Å². The van der Waals surface area contributed by atoms with E-state index in [1.807, 2.05) is 133 Å². The molecule has 95 heavy (non-hydrogen) atoms. The van der Waals surface area contributed by atoms with Gasteiger partial charge in [0.05, 0.1) is 45.1 Å². The van der Waals surface area contributed by atoms with Gasteiger partial charge in [0, 0.05) is 98.1 Å². The summed E-state index contributed by atoms with van der Waals surface area (Å²) in [5.74, 6) is 8.02. The van der Waals surface area contributed by atoms with Gasteiger partial charge in [-0.25, -0.2) is 24.9 Å². The van der Waals surface area contributed by atoms with Crippen LogP contribution in [0.1, 0.15) is 349 Å². The minimum Gasteiger partial charge on any atom is -0.348 e. The van der Waals surface area contributed by atoms with Gasteiger partial charge in [0.25, 0.3) is 0 Å². The number of imidazole rings is 3. The molecular formula is C70H128N18O2S5. The summed E-state index contributed by atoms with van der Waals surface area (Å²) in [5.41, 5.74) is 9.54. The van der Waals surface area contributed by atoms with Crippen LogP contribution in [0.15, 0.2) is 69.0 Å². The lowest BCUT2D eigenvalue weighted by atomic mass is 10.1. The number of nitrogens with one attached hydrogen (secondary N) is 3. The summed E-state index contributed by atoms with van der Waals surface area (Å²) in [7, 11) is 0. The summed E-state index contributed by atoms with van der Waals surface area (Å²) in [6.45, 7) is 72.2. The molecule has 0 fully saturated rings. The lowest BCUT2D eigenvalue weighted by Crippen LogP contribution is -1.89. The largest absolute Gasteiger partial charge is 0.348 e. The molecular weight excluding hydrogens is 1290 g/mol. The molecule has 10 aromatic rings. The predicted molar refractivity (Wildman–Crippen MR) is 410 cm³/mol. The minimum atomic E-state index is 0.389. The van der Waals surface area contributed by atoms with Crippen LogP contribution < -0.4 is 0 Å². The molecule has 0 radical (unpaired) electrons. The van der Waals surface area contributed by atoms with Gasteiger partial charge in [-0.2, -0.15) is 0 Å². The first kappa shape index (κ1) is 97.5. The maximum Gasteiger partial charge on any atom is 0.162 e. The van der Waals surface area contributed by atoms with Crippen molar-refractivity contribution >= 4 is 57.1 Å². The molecule has 0 atom stereocenters. The second-order valence-corrected chi connectivity index (χ2v) is 27.0. The van der Waals surface area contributed by atoms with E-state index in [0.717, 1.165) is 50.1 Å². The zero-order valence-corrected chi connectivity index (χ0v) is 69.2. The molecule has 0 aliphatic rings. The summed E-state index contributed by atoms with van der Waals surface area (Å²) in [6.07, 6.45) is 12.6. The van der Waals surface area contributed by atoms with Crippen molar-refractivity contribution in [1.29, 1.82) is 0 Å². The number of nitrogens with zero attached hydrogens (tertiary/aromatic N) is 15. The van der Waals surface area contributed by atoms with E-state index in [9.17, 15) is 0 Å². The van der Waals surface area contributed by atoms with Crippen LogP contribution in [0.25, 0.3) is 0 Å². The van der Waals surface area contributed by atoms with Crippen molar-refractivity contribution < 1.29 is 9.05 Å². The van der Waals surface area contributed by atoms with Crippen molar-refractivity contribution in [3.8, 4) is 0 Å². The average molecular weight is 1410 g/mol. The third-order valence-electron chi connectivity index (χ3n) is 11.3. The molecule has 0 saturated heterocycles. The maximum absolute atomic E-state index is 4.86. The van der Waals surface area contributed by atoms with E-state index in [-0.39, 0.29) is 0 Å². The maximum atomic E-state index is 4.86. The lowest BCUT2D eigenvalue weighted by molar-refractivity contribution is 0.351. The summed E-state index contributed by atoms with van der Waals surface area (Å²) in [5, 5.41) is 37.6. The Kier molecular flexibility index (Phi) is 63.1. The van der Waals surface area contributed by atoms with Gasteiger partial charge in [-0.15, -0.1) is 64.6 Å². The van der Waals surface area contributed by atoms with Crippen molar-refractivity contribution in [3.05, 3.63) is 142 Å². The summed E-state index contributed by atoms with van der Waals surface area (Å²) >= 11 is 8.02. The molecule has 3 N–H and O–H groups in total. The fourth-order valence-electron chi connectivity index (χ4n) is 6.39. The first-order chi connectivity index (χ1) is 45.1. The fourth-order valence-corrected chi connectivity index (χ4v) is 9.72. The van der Waals surface area contributed by atoms with E-state index in [1.54, 1.807) is 52.9 Å². The zero-order chi connectivity index (χ0) is 74.2. The van der Waals surface area contributed by atoms with Gasteiger partial charge >= 0.3 is 0 Å². The number of H-pyrrole nitrogens is 3. The quantitative estimate of drug-likeness (QED) is 0.115. The molecule has 0 bridgehead atoms. The standard InChI is InChI=1S/2C6H10N2O.3C6H10N2S.3C6H10N2.2C6H9NS.5C2H6/c1-4(2)6-5(3)9-8-7-6;1-4(2)6-5(3)7-8-9-6;1-4(2)6-8-7-5(3)9-6;1-4(2)6-5(3)9-8-7-6;1-4(2)6-5(3)7-8-9-6;2*1-5(2)6-3-7-4-8-6;1-5(2)6-7-3-4-8-6;1-5(2)6-3-8-4-7-6;1-5(2)6-7-3-4-8-6;5*1-2/h5*4H,1-3H3;3*3-5H,1-2H3,(H,7,8);2*3-5H,1-2H3;5*1-2H3. The van der Waals surface area contributed by atoms with Crippen molar-refractivity contribution in [2.24, 2.45) is 0 Å². The van der Waals surface area contributed by atoms with Crippen molar-refractivity contribution in [2.45, 2.75) is 302 Å². The van der Waals surface area contributed by atoms with Crippen LogP contribution in [0.5, 0.6) is 0 Å². The van der Waals surface area contributed by atoms with Gasteiger partial charge < -0.3 is 24.0 Å². The summed E-state index contributed by atoms with van der Waals surface area (Å²) in [6, 6.07) is 0. The van der Waals surface area contributed by atoms with E-state index in [0.29, 0.717) is 59.2 Å². The SMILES string of the molecule is CC.CC.CC.CC.CC.CC(C)c1cnc[nH]1.CC(C)c1cnc[nH]1.CC(C)c1cscn1.CC(C)c1ncc[nH]1.CC(C)c1nccs1.Cc1nnc(C(C)C)s1.Cc1nnoc1C(C)C.Cc1nnsc1C(C)C.Cc1onnc1C(C)C.Cc1snnc1C(C)C. The molecule has 0 unspecified atom stereocenters. The molecule has 10 rings (SSSR count). The first-order valence-electron chi connectivity index (χ1n) is 33.8. The van der Waals surface area contributed by atoms with Gasteiger partial charge in [-0.3, -0.25) is 0 Å². The third-order valence-corrected chi connectivity index (χ3v) is 15.9. The Labute approximate surface area is 595 Å². The topological polar surface area (TPSA) is 267 Å². The number of hydrogen-bond donors (Lipinski definition) is 3. The highest BCUT2D eigenvalue weighted by molar-refractivity contribution is 7.11. The van der Waals surface area contributed by atoms with E-state index >= 15 is 0 Å². The normalized spacial score (nSPS) is 9.74. The van der Waals surface area contributed by atoms with Crippen LogP contribution in [0.3, 0.4) is 0 Å². The second-order valence-electron chi connectivity index (χ2n) is 22.4. The predicted octanol–water partition coefficient (Wildman–Crippen LogP) is 23.2. The molecule has 20 nitrogen and oxygen atoms in total. The lowest BCUT2D eigenvalue weighted by Gasteiger charge is -1.97. The van der Waals surface area contributed by atoms with Crippen LogP contribution in [0.4, 0.5) is 0 Å². The molecule has 0 amide bonds. The Morgan fingerprint density at radius 2 is 0.958 bits per heavy atom. The number of hydrogen-bond acceptors (Lipinski definition) is 22. The molecule has 0 spiro atoms. The highest BCUT2D eigenvalue weighted by Gasteiger charge is 2.10. The molecule has 0 aliphatic carbocycles. The van der Waals surface area contributed by atoms with Crippen LogP contribution >= 0.6 is 57.1 Å². The highest BCUT2D eigenvalue weighted by Crippen LogP contribution is 2.22. The monoisotopic (exact) mass is 1410 g/mol. The van der Waals surface area contributed by atoms with Crippen LogP contribution in [-0.4, -0.2) is 90.0 Å². The fraction of sp³-hybridized carbons (Fsp3) is 0.643. The van der Waals surface area contributed by atoms with Crippen LogP contribution in [-0.2, 0) is 0 Å². The Bertz CT molecular complexity index is 2660. The molecule has 0 aliphatic heterocycles. The molecule has 25 heteroatoms. The van der Waals surface area contributed by atoms with Gasteiger partial charge in [0.1, 0.15) is 27.2 Å². The third kappa shape index (κ3) is 46.6. The van der Waals surface area contributed by atoms with E-state index in [1.165, 1.54) is 54.9 Å². The van der Waals surface area contributed by atoms with Crippen molar-refractivity contribution in [3.63, 3.8) is 0 Å². The van der Waals surface area contributed by atoms with Gasteiger partial charge in [0.2, 0.25) is 0 Å². The number of aryl methyl sites for hydroxylation is 5. The molecule has 540 valence electrons. The van der Waals surface area contributed by atoms with E-state index in [4.69, 9.17) is 9.05 Å².